The Hall–Kier alpha value is -1.25. The first-order chi connectivity index (χ1) is 4.72. The number of fused-ring (bicyclic) bond motifs is 1. The molecule has 0 spiro atoms. The van der Waals surface area contributed by atoms with E-state index in [9.17, 15) is 13.6 Å². The second kappa shape index (κ2) is 1.42. The van der Waals surface area contributed by atoms with Gasteiger partial charge in [0.25, 0.3) is 0 Å². The molecule has 0 fully saturated rings. The number of rotatable bonds is 0. The van der Waals surface area contributed by atoms with Crippen molar-refractivity contribution in [2.24, 2.45) is 0 Å². The molecule has 0 aliphatic carbocycles. The van der Waals surface area contributed by atoms with E-state index in [2.05, 4.69) is 0 Å². The Morgan fingerprint density at radius 2 is 1.90 bits per heavy atom. The maximum atomic E-state index is 12.4. The fourth-order valence-electron chi connectivity index (χ4n) is 0.910. The quantitative estimate of drug-likeness (QED) is 0.539. The van der Waals surface area contributed by atoms with Crippen LogP contribution in [0.4, 0.5) is 8.78 Å². The van der Waals surface area contributed by atoms with Gasteiger partial charge in [0.1, 0.15) is 0 Å². The smallest absolute Gasteiger partial charge is 0.197 e. The predicted octanol–water partition coefficient (Wildman–Crippen LogP) is 1.35. The van der Waals surface area contributed by atoms with Crippen molar-refractivity contribution in [1.82, 2.24) is 0 Å². The standard InChI is InChI=1S/C7H2F2O/c8-4-2-1-3-5(6(4)9)7(3)10/h1-2H. The lowest BCUT2D eigenvalue weighted by molar-refractivity contribution is 0.518. The second-order valence-electron chi connectivity index (χ2n) is 2.11. The van der Waals surface area contributed by atoms with E-state index < -0.39 is 11.6 Å². The zero-order valence-electron chi connectivity index (χ0n) is 4.82. The Morgan fingerprint density at radius 1 is 1.20 bits per heavy atom. The first-order valence-corrected chi connectivity index (χ1v) is 2.74. The van der Waals surface area contributed by atoms with E-state index in [1.54, 1.807) is 0 Å². The number of hydrogen-bond donors (Lipinski definition) is 0. The fourth-order valence-corrected chi connectivity index (χ4v) is 0.910. The van der Waals surface area contributed by atoms with Gasteiger partial charge in [0.05, 0.1) is 5.39 Å². The Labute approximate surface area is 54.6 Å². The fraction of sp³-hybridized carbons (Fsp3) is 0. The molecule has 0 aliphatic heterocycles. The van der Waals surface area contributed by atoms with Crippen molar-refractivity contribution < 1.29 is 8.78 Å². The number of halogens is 2. The minimum atomic E-state index is -1.01. The maximum absolute atomic E-state index is 12.4. The van der Waals surface area contributed by atoms with Crippen LogP contribution in [-0.2, 0) is 0 Å². The van der Waals surface area contributed by atoms with E-state index >= 15 is 0 Å². The highest BCUT2D eigenvalue weighted by Gasteiger charge is 2.19. The summed E-state index contributed by atoms with van der Waals surface area (Å²) in [6.07, 6.45) is 0. The second-order valence-corrected chi connectivity index (χ2v) is 2.11. The van der Waals surface area contributed by atoms with Crippen LogP contribution in [0.5, 0.6) is 0 Å². The van der Waals surface area contributed by atoms with Gasteiger partial charge in [-0.3, -0.25) is 4.79 Å². The molecule has 2 aromatic rings. The minimum Gasteiger partial charge on any atom is -0.288 e. The summed E-state index contributed by atoms with van der Waals surface area (Å²) < 4.78 is 24.7. The summed E-state index contributed by atoms with van der Waals surface area (Å²) in [5.41, 5.74) is -0.374. The summed E-state index contributed by atoms with van der Waals surface area (Å²) in [7, 11) is 0. The molecule has 2 rings (SSSR count). The lowest BCUT2D eigenvalue weighted by atomic mass is 10.3. The summed E-state index contributed by atoms with van der Waals surface area (Å²) in [5.74, 6) is -1.97. The van der Waals surface area contributed by atoms with Crippen LogP contribution >= 0.6 is 0 Å². The van der Waals surface area contributed by atoms with Gasteiger partial charge >= 0.3 is 0 Å². The third kappa shape index (κ3) is 0.472. The van der Waals surface area contributed by atoms with E-state index in [0.29, 0.717) is 5.39 Å². The van der Waals surface area contributed by atoms with E-state index in [0.717, 1.165) is 6.07 Å². The van der Waals surface area contributed by atoms with Crippen LogP contribution in [0, 0.1) is 11.6 Å². The SMILES string of the molecule is O=c1c2ccc(F)c(F)c12. The molecule has 0 aromatic heterocycles. The van der Waals surface area contributed by atoms with Gasteiger partial charge in [0.2, 0.25) is 0 Å². The third-order valence-corrected chi connectivity index (χ3v) is 1.50. The van der Waals surface area contributed by atoms with Crippen molar-refractivity contribution in [3.05, 3.63) is 34.0 Å². The van der Waals surface area contributed by atoms with Gasteiger partial charge in [-0.25, -0.2) is 8.78 Å². The van der Waals surface area contributed by atoms with Crippen LogP contribution in [0.3, 0.4) is 0 Å². The molecule has 0 heterocycles. The Morgan fingerprint density at radius 3 is 2.50 bits per heavy atom. The largest absolute Gasteiger partial charge is 0.288 e. The van der Waals surface area contributed by atoms with E-state index in [-0.39, 0.29) is 10.8 Å². The molecule has 0 amide bonds. The molecule has 0 saturated heterocycles. The van der Waals surface area contributed by atoms with Gasteiger partial charge in [-0.1, -0.05) is 0 Å². The van der Waals surface area contributed by atoms with Crippen molar-refractivity contribution in [3.8, 4) is 0 Å². The molecule has 2 aromatic carbocycles. The summed E-state index contributed by atoms with van der Waals surface area (Å²) >= 11 is 0. The topological polar surface area (TPSA) is 17.1 Å². The normalized spacial score (nSPS) is 11.4. The first kappa shape index (κ1) is 5.53. The molecule has 0 N–H and O–H groups in total. The first-order valence-electron chi connectivity index (χ1n) is 2.74. The molecular weight excluding hydrogens is 138 g/mol. The summed E-state index contributed by atoms with van der Waals surface area (Å²) in [6.45, 7) is 0. The molecule has 0 atom stereocenters. The molecule has 10 heavy (non-hydrogen) atoms. The lowest BCUT2D eigenvalue weighted by Crippen LogP contribution is -1.78. The highest BCUT2D eigenvalue weighted by Crippen LogP contribution is 2.20. The van der Waals surface area contributed by atoms with E-state index in [1.807, 2.05) is 0 Å². The molecule has 0 saturated carbocycles. The molecule has 50 valence electrons. The molecular formula is C7H2F2O. The Bertz CT molecular complexity index is 410. The third-order valence-electron chi connectivity index (χ3n) is 1.50. The highest BCUT2D eigenvalue weighted by atomic mass is 19.2. The van der Waals surface area contributed by atoms with Crippen molar-refractivity contribution in [3.63, 3.8) is 0 Å². The monoisotopic (exact) mass is 140 g/mol. The summed E-state index contributed by atoms with van der Waals surface area (Å²) in [5, 5.41) is 0.221. The van der Waals surface area contributed by atoms with Crippen molar-refractivity contribution >= 4 is 10.8 Å². The van der Waals surface area contributed by atoms with Gasteiger partial charge in [0, 0.05) is 5.39 Å². The van der Waals surface area contributed by atoms with Crippen LogP contribution in [0.15, 0.2) is 16.9 Å². The minimum absolute atomic E-state index is 0.0833. The summed E-state index contributed by atoms with van der Waals surface area (Å²) in [6, 6.07) is 2.25. The molecule has 0 radical (unpaired) electrons. The number of benzene rings is 1. The Kier molecular flexibility index (Phi) is 0.787. The van der Waals surface area contributed by atoms with Gasteiger partial charge in [0.15, 0.2) is 17.1 Å². The zero-order chi connectivity index (χ0) is 7.30. The maximum Gasteiger partial charge on any atom is 0.197 e. The Balaban J connectivity index is 2.93. The average molecular weight is 140 g/mol. The lowest BCUT2D eigenvalue weighted by Gasteiger charge is -1.83. The van der Waals surface area contributed by atoms with Crippen LogP contribution in [0.2, 0.25) is 0 Å². The van der Waals surface area contributed by atoms with Gasteiger partial charge < -0.3 is 0 Å². The van der Waals surface area contributed by atoms with Crippen LogP contribution < -0.4 is 5.43 Å². The zero-order valence-corrected chi connectivity index (χ0v) is 4.82. The van der Waals surface area contributed by atoms with Crippen molar-refractivity contribution in [1.29, 1.82) is 0 Å². The van der Waals surface area contributed by atoms with Crippen molar-refractivity contribution in [2.75, 3.05) is 0 Å². The van der Waals surface area contributed by atoms with Crippen molar-refractivity contribution in [2.45, 2.75) is 0 Å². The summed E-state index contributed by atoms with van der Waals surface area (Å²) in [4.78, 5) is 10.5. The van der Waals surface area contributed by atoms with Gasteiger partial charge in [-0.15, -0.1) is 0 Å². The molecule has 0 aliphatic rings. The van der Waals surface area contributed by atoms with Gasteiger partial charge in [-0.2, -0.15) is 0 Å². The van der Waals surface area contributed by atoms with Crippen LogP contribution in [-0.4, -0.2) is 0 Å². The molecule has 1 nitrogen and oxygen atoms in total. The predicted molar refractivity (Wildman–Crippen MR) is 32.5 cm³/mol. The number of hydrogen-bond acceptors (Lipinski definition) is 1. The average Bonchev–Trinajstić information content (AvgIpc) is 2.54. The van der Waals surface area contributed by atoms with E-state index in [1.165, 1.54) is 6.07 Å². The molecule has 3 heteroatoms. The molecule has 0 unspecified atom stereocenters. The van der Waals surface area contributed by atoms with E-state index in [4.69, 9.17) is 0 Å². The molecule has 0 bridgehead atoms. The van der Waals surface area contributed by atoms with Crippen LogP contribution in [0.25, 0.3) is 10.8 Å². The van der Waals surface area contributed by atoms with Crippen LogP contribution in [0.1, 0.15) is 0 Å². The highest BCUT2D eigenvalue weighted by molar-refractivity contribution is 5.97. The van der Waals surface area contributed by atoms with Gasteiger partial charge in [-0.05, 0) is 12.1 Å².